The van der Waals surface area contributed by atoms with Gasteiger partial charge in [0, 0.05) is 12.5 Å². The Hall–Kier alpha value is -1.70. The molecular formula is C15H12N2O2S3. The highest BCUT2D eigenvalue weighted by Crippen LogP contribution is 2.37. The first-order valence-corrected chi connectivity index (χ1v) is 9.18. The standard InChI is InChI=1S/C15H12N2O2S3/c1-9(18)21-8-13(19)17-14-10(6-7-20-14)15-16-11-4-2-3-5-12(11)22-15/h2-7H,8H2,1H3,(H,17,19). The van der Waals surface area contributed by atoms with E-state index in [1.165, 1.54) is 18.3 Å². The summed E-state index contributed by atoms with van der Waals surface area (Å²) in [4.78, 5) is 27.4. The highest BCUT2D eigenvalue weighted by Gasteiger charge is 2.14. The largest absolute Gasteiger partial charge is 0.316 e. The van der Waals surface area contributed by atoms with E-state index in [2.05, 4.69) is 10.3 Å². The minimum atomic E-state index is -0.176. The van der Waals surface area contributed by atoms with Gasteiger partial charge in [-0.25, -0.2) is 4.98 Å². The molecule has 1 aromatic carbocycles. The Morgan fingerprint density at radius 1 is 1.27 bits per heavy atom. The molecule has 0 aliphatic carbocycles. The molecule has 3 rings (SSSR count). The number of aromatic nitrogens is 1. The van der Waals surface area contributed by atoms with Gasteiger partial charge in [0.05, 0.1) is 16.0 Å². The average Bonchev–Trinajstić information content (AvgIpc) is 3.10. The predicted molar refractivity (Wildman–Crippen MR) is 94.7 cm³/mol. The number of thiophene rings is 1. The molecule has 2 heterocycles. The van der Waals surface area contributed by atoms with Gasteiger partial charge in [-0.05, 0) is 23.6 Å². The molecule has 112 valence electrons. The first-order valence-electron chi connectivity index (χ1n) is 6.50. The fraction of sp³-hybridized carbons (Fsp3) is 0.133. The summed E-state index contributed by atoms with van der Waals surface area (Å²) in [7, 11) is 0. The molecule has 0 aliphatic heterocycles. The molecule has 7 heteroatoms. The highest BCUT2D eigenvalue weighted by molar-refractivity contribution is 8.14. The molecule has 0 aliphatic rings. The number of rotatable bonds is 4. The number of thiazole rings is 1. The third kappa shape index (κ3) is 3.37. The lowest BCUT2D eigenvalue weighted by molar-refractivity contribution is -0.114. The van der Waals surface area contributed by atoms with Crippen LogP contribution in [-0.2, 0) is 9.59 Å². The molecule has 4 nitrogen and oxygen atoms in total. The molecule has 0 radical (unpaired) electrons. The number of fused-ring (bicyclic) bond motifs is 1. The lowest BCUT2D eigenvalue weighted by Gasteiger charge is -2.03. The van der Waals surface area contributed by atoms with Gasteiger partial charge >= 0.3 is 0 Å². The number of benzene rings is 1. The lowest BCUT2D eigenvalue weighted by Crippen LogP contribution is -2.14. The van der Waals surface area contributed by atoms with Crippen LogP contribution in [0.25, 0.3) is 20.8 Å². The Labute approximate surface area is 139 Å². The molecule has 0 fully saturated rings. The number of anilines is 1. The summed E-state index contributed by atoms with van der Waals surface area (Å²) in [6.07, 6.45) is 0. The van der Waals surface area contributed by atoms with Crippen LogP contribution in [0.15, 0.2) is 35.7 Å². The minimum absolute atomic E-state index is 0.0623. The number of nitrogens with zero attached hydrogens (tertiary/aromatic N) is 1. The van der Waals surface area contributed by atoms with E-state index in [-0.39, 0.29) is 16.8 Å². The smallest absolute Gasteiger partial charge is 0.235 e. The number of hydrogen-bond acceptors (Lipinski definition) is 6. The quantitative estimate of drug-likeness (QED) is 0.766. The number of amides is 1. The maximum atomic E-state index is 11.9. The van der Waals surface area contributed by atoms with Crippen LogP contribution in [0.4, 0.5) is 5.00 Å². The maximum Gasteiger partial charge on any atom is 0.235 e. The van der Waals surface area contributed by atoms with Gasteiger partial charge in [0.25, 0.3) is 0 Å². The molecule has 0 saturated carbocycles. The summed E-state index contributed by atoms with van der Waals surface area (Å²) in [6.45, 7) is 1.45. The molecule has 22 heavy (non-hydrogen) atoms. The third-order valence-corrected chi connectivity index (χ3v) is 5.56. The molecule has 2 aromatic heterocycles. The van der Waals surface area contributed by atoms with Crippen molar-refractivity contribution in [2.24, 2.45) is 0 Å². The summed E-state index contributed by atoms with van der Waals surface area (Å²) in [5.74, 6) is -0.0444. The van der Waals surface area contributed by atoms with E-state index >= 15 is 0 Å². The zero-order chi connectivity index (χ0) is 15.5. The van der Waals surface area contributed by atoms with E-state index in [0.29, 0.717) is 0 Å². The minimum Gasteiger partial charge on any atom is -0.316 e. The predicted octanol–water partition coefficient (Wildman–Crippen LogP) is 4.24. The van der Waals surface area contributed by atoms with Gasteiger partial charge in [0.1, 0.15) is 10.0 Å². The van der Waals surface area contributed by atoms with E-state index in [9.17, 15) is 9.59 Å². The van der Waals surface area contributed by atoms with E-state index in [1.807, 2.05) is 35.7 Å². The van der Waals surface area contributed by atoms with E-state index in [1.54, 1.807) is 11.3 Å². The van der Waals surface area contributed by atoms with Crippen LogP contribution in [0.5, 0.6) is 0 Å². The van der Waals surface area contributed by atoms with Gasteiger partial charge in [0.2, 0.25) is 5.91 Å². The summed E-state index contributed by atoms with van der Waals surface area (Å²) in [5, 5.41) is 6.38. The summed E-state index contributed by atoms with van der Waals surface area (Å²) in [6, 6.07) is 9.91. The molecular weight excluding hydrogens is 336 g/mol. The van der Waals surface area contributed by atoms with Crippen LogP contribution >= 0.6 is 34.4 Å². The Bertz CT molecular complexity index is 805. The second-order valence-corrected chi connectivity index (χ2v) is 7.58. The van der Waals surface area contributed by atoms with Gasteiger partial charge in [-0.2, -0.15) is 0 Å². The number of hydrogen-bond donors (Lipinski definition) is 1. The molecule has 3 aromatic rings. The fourth-order valence-corrected chi connectivity index (χ4v) is 4.16. The van der Waals surface area contributed by atoms with Crippen LogP contribution in [0.2, 0.25) is 0 Å². The van der Waals surface area contributed by atoms with Gasteiger partial charge in [0.15, 0.2) is 5.12 Å². The van der Waals surface area contributed by atoms with Gasteiger partial charge in [-0.1, -0.05) is 23.9 Å². The number of para-hydroxylation sites is 1. The number of carbonyl (C=O) groups excluding carboxylic acids is 2. The summed E-state index contributed by atoms with van der Waals surface area (Å²) >= 11 is 4.06. The molecule has 1 N–H and O–H groups in total. The summed E-state index contributed by atoms with van der Waals surface area (Å²) in [5.41, 5.74) is 1.88. The number of carbonyl (C=O) groups is 2. The first kappa shape index (κ1) is 15.2. The Morgan fingerprint density at radius 3 is 2.86 bits per heavy atom. The number of nitrogens with one attached hydrogen (secondary N) is 1. The molecule has 1 amide bonds. The first-order chi connectivity index (χ1) is 10.6. The van der Waals surface area contributed by atoms with Crippen molar-refractivity contribution in [1.29, 1.82) is 0 Å². The van der Waals surface area contributed by atoms with Crippen LogP contribution in [0.1, 0.15) is 6.92 Å². The van der Waals surface area contributed by atoms with Gasteiger partial charge in [-0.15, -0.1) is 22.7 Å². The Morgan fingerprint density at radius 2 is 2.09 bits per heavy atom. The van der Waals surface area contributed by atoms with Gasteiger partial charge in [-0.3, -0.25) is 9.59 Å². The van der Waals surface area contributed by atoms with E-state index < -0.39 is 0 Å². The van der Waals surface area contributed by atoms with Crippen molar-refractivity contribution >= 4 is 60.7 Å². The molecule has 0 bridgehead atoms. The molecule has 0 atom stereocenters. The maximum absolute atomic E-state index is 11.9. The van der Waals surface area contributed by atoms with Crippen molar-refractivity contribution in [3.8, 4) is 10.6 Å². The number of thioether (sulfide) groups is 1. The van der Waals surface area contributed by atoms with Crippen LogP contribution < -0.4 is 5.32 Å². The van der Waals surface area contributed by atoms with Crippen molar-refractivity contribution in [1.82, 2.24) is 4.98 Å². The second kappa shape index (κ2) is 6.60. The van der Waals surface area contributed by atoms with Crippen LogP contribution in [0, 0.1) is 0 Å². The second-order valence-electron chi connectivity index (χ2n) is 4.48. The van der Waals surface area contributed by atoms with Crippen molar-refractivity contribution in [3.05, 3.63) is 35.7 Å². The van der Waals surface area contributed by atoms with Gasteiger partial charge < -0.3 is 5.32 Å². The molecule has 0 unspecified atom stereocenters. The summed E-state index contributed by atoms with van der Waals surface area (Å²) < 4.78 is 1.12. The normalized spacial score (nSPS) is 10.8. The van der Waals surface area contributed by atoms with Crippen molar-refractivity contribution in [2.45, 2.75) is 6.92 Å². The van der Waals surface area contributed by atoms with Crippen molar-refractivity contribution in [2.75, 3.05) is 11.1 Å². The third-order valence-electron chi connectivity index (χ3n) is 2.85. The zero-order valence-corrected chi connectivity index (χ0v) is 14.1. The van der Waals surface area contributed by atoms with E-state index in [0.717, 1.165) is 37.6 Å². The Kier molecular flexibility index (Phi) is 4.56. The van der Waals surface area contributed by atoms with Crippen molar-refractivity contribution in [3.63, 3.8) is 0 Å². The molecule has 0 saturated heterocycles. The topological polar surface area (TPSA) is 59.1 Å². The van der Waals surface area contributed by atoms with Crippen LogP contribution in [0.3, 0.4) is 0 Å². The van der Waals surface area contributed by atoms with Crippen molar-refractivity contribution < 1.29 is 9.59 Å². The fourth-order valence-electron chi connectivity index (χ4n) is 1.89. The zero-order valence-electron chi connectivity index (χ0n) is 11.7. The highest BCUT2D eigenvalue weighted by atomic mass is 32.2. The molecule has 0 spiro atoms. The monoisotopic (exact) mass is 348 g/mol. The lowest BCUT2D eigenvalue weighted by atomic mass is 10.3. The van der Waals surface area contributed by atoms with Crippen LogP contribution in [-0.4, -0.2) is 21.8 Å². The average molecular weight is 348 g/mol. The SMILES string of the molecule is CC(=O)SCC(=O)Nc1sccc1-c1nc2ccccc2s1. The van der Waals surface area contributed by atoms with E-state index in [4.69, 9.17) is 0 Å². The Balaban J connectivity index is 1.82.